The van der Waals surface area contributed by atoms with Crippen molar-refractivity contribution in [1.82, 2.24) is 0 Å². The van der Waals surface area contributed by atoms with Crippen LogP contribution in [0.25, 0.3) is 0 Å². The molecule has 7 heteroatoms. The minimum atomic E-state index is -0.297. The van der Waals surface area contributed by atoms with Gasteiger partial charge in [-0.25, -0.2) is 0 Å². The summed E-state index contributed by atoms with van der Waals surface area (Å²) in [4.78, 5) is 12.1. The minimum Gasteiger partial charge on any atom is -0.482 e. The second-order valence-corrected chi connectivity index (χ2v) is 7.24. The number of nitrogen functional groups attached to an aromatic ring is 1. The Balaban J connectivity index is 2.07. The summed E-state index contributed by atoms with van der Waals surface area (Å²) >= 11 is 12.9. The summed E-state index contributed by atoms with van der Waals surface area (Å²) in [6, 6.07) is 7.12. The first-order valence-corrected chi connectivity index (χ1v) is 8.68. The Hall–Kier alpha value is -1.24. The van der Waals surface area contributed by atoms with Gasteiger partial charge in [0.05, 0.1) is 15.2 Å². The van der Waals surface area contributed by atoms with E-state index in [1.165, 1.54) is 0 Å². The molecular formula is C16H15Br2ClN2O2. The predicted octanol–water partition coefficient (Wildman–Crippen LogP) is 5.08. The van der Waals surface area contributed by atoms with Gasteiger partial charge in [-0.3, -0.25) is 4.79 Å². The van der Waals surface area contributed by atoms with Crippen molar-refractivity contribution in [1.29, 1.82) is 0 Å². The first-order chi connectivity index (χ1) is 10.8. The molecule has 2 rings (SSSR count). The summed E-state index contributed by atoms with van der Waals surface area (Å²) in [5, 5.41) is 3.15. The summed E-state index contributed by atoms with van der Waals surface area (Å²) in [7, 11) is 0. The molecule has 0 fully saturated rings. The molecule has 0 saturated carbocycles. The van der Waals surface area contributed by atoms with Crippen LogP contribution in [0.2, 0.25) is 5.02 Å². The van der Waals surface area contributed by atoms with Crippen LogP contribution in [0, 0.1) is 13.8 Å². The fourth-order valence-electron chi connectivity index (χ4n) is 2.11. The van der Waals surface area contributed by atoms with E-state index in [2.05, 4.69) is 37.2 Å². The molecule has 0 radical (unpaired) electrons. The molecule has 0 unspecified atom stereocenters. The number of carbonyl (C=O) groups is 1. The summed E-state index contributed by atoms with van der Waals surface area (Å²) in [6.07, 6.45) is 0. The number of carbonyl (C=O) groups excluding carboxylic acids is 1. The molecule has 0 aromatic heterocycles. The number of hydrogen-bond donors (Lipinski definition) is 2. The van der Waals surface area contributed by atoms with Gasteiger partial charge in [-0.05, 0) is 65.2 Å². The topological polar surface area (TPSA) is 64.3 Å². The molecule has 0 atom stereocenters. The Morgan fingerprint density at radius 1 is 1.22 bits per heavy atom. The van der Waals surface area contributed by atoms with Crippen LogP contribution in [0.15, 0.2) is 33.2 Å². The van der Waals surface area contributed by atoms with Gasteiger partial charge < -0.3 is 15.8 Å². The molecule has 3 N–H and O–H groups in total. The fourth-order valence-corrected chi connectivity index (χ4v) is 3.99. The predicted molar refractivity (Wildman–Crippen MR) is 101 cm³/mol. The van der Waals surface area contributed by atoms with Gasteiger partial charge >= 0.3 is 0 Å². The molecule has 0 heterocycles. The molecule has 4 nitrogen and oxygen atoms in total. The van der Waals surface area contributed by atoms with Crippen LogP contribution in [0.4, 0.5) is 11.4 Å². The largest absolute Gasteiger partial charge is 0.482 e. The second kappa shape index (κ2) is 7.55. The summed E-state index contributed by atoms with van der Waals surface area (Å²) in [5.74, 6) is 0.331. The van der Waals surface area contributed by atoms with Crippen molar-refractivity contribution in [3.8, 4) is 5.75 Å². The number of hydrogen-bond acceptors (Lipinski definition) is 3. The SMILES string of the molecule is Cc1cc(N)cc(Cl)c1NC(=O)COc1c(C)cc(Br)cc1Br. The van der Waals surface area contributed by atoms with Crippen molar-refractivity contribution < 1.29 is 9.53 Å². The van der Waals surface area contributed by atoms with Crippen LogP contribution in [0.3, 0.4) is 0 Å². The van der Waals surface area contributed by atoms with Crippen LogP contribution >= 0.6 is 43.5 Å². The molecule has 2 aromatic carbocycles. The quantitative estimate of drug-likeness (QED) is 0.623. The zero-order valence-corrected chi connectivity index (χ0v) is 16.5. The molecule has 2 aromatic rings. The van der Waals surface area contributed by atoms with E-state index in [9.17, 15) is 4.79 Å². The fraction of sp³-hybridized carbons (Fsp3) is 0.188. The lowest BCUT2D eigenvalue weighted by Gasteiger charge is -2.14. The van der Waals surface area contributed by atoms with E-state index < -0.39 is 0 Å². The number of benzene rings is 2. The van der Waals surface area contributed by atoms with E-state index in [4.69, 9.17) is 22.1 Å². The third-order valence-electron chi connectivity index (χ3n) is 3.12. The van der Waals surface area contributed by atoms with E-state index in [0.29, 0.717) is 22.1 Å². The first kappa shape index (κ1) is 18.1. The van der Waals surface area contributed by atoms with Gasteiger partial charge in [-0.15, -0.1) is 0 Å². The molecule has 0 bridgehead atoms. The summed E-state index contributed by atoms with van der Waals surface area (Å²) in [5.41, 5.74) is 8.52. The molecule has 0 spiro atoms. The molecule has 1 amide bonds. The average molecular weight is 463 g/mol. The smallest absolute Gasteiger partial charge is 0.262 e. The Morgan fingerprint density at radius 2 is 1.91 bits per heavy atom. The van der Waals surface area contributed by atoms with E-state index in [1.807, 2.05) is 26.0 Å². The minimum absolute atomic E-state index is 0.124. The lowest BCUT2D eigenvalue weighted by molar-refractivity contribution is -0.118. The number of halogens is 3. The third kappa shape index (κ3) is 4.62. The Morgan fingerprint density at radius 3 is 2.52 bits per heavy atom. The van der Waals surface area contributed by atoms with Gasteiger partial charge in [-0.2, -0.15) is 0 Å². The number of aryl methyl sites for hydroxylation is 2. The zero-order valence-electron chi connectivity index (χ0n) is 12.5. The highest BCUT2D eigenvalue weighted by Crippen LogP contribution is 2.32. The number of rotatable bonds is 4. The average Bonchev–Trinajstić information content (AvgIpc) is 2.41. The van der Waals surface area contributed by atoms with Crippen molar-refractivity contribution in [3.63, 3.8) is 0 Å². The van der Waals surface area contributed by atoms with Gasteiger partial charge in [0, 0.05) is 10.2 Å². The molecule has 122 valence electrons. The lowest BCUT2D eigenvalue weighted by Crippen LogP contribution is -2.21. The van der Waals surface area contributed by atoms with Crippen LogP contribution < -0.4 is 15.8 Å². The summed E-state index contributed by atoms with van der Waals surface area (Å²) in [6.45, 7) is 3.61. The maximum atomic E-state index is 12.1. The van der Waals surface area contributed by atoms with Gasteiger partial charge in [-0.1, -0.05) is 27.5 Å². The van der Waals surface area contributed by atoms with Crippen molar-refractivity contribution in [2.75, 3.05) is 17.7 Å². The van der Waals surface area contributed by atoms with E-state index in [-0.39, 0.29) is 12.5 Å². The highest BCUT2D eigenvalue weighted by molar-refractivity contribution is 9.11. The van der Waals surface area contributed by atoms with Crippen LogP contribution in [-0.4, -0.2) is 12.5 Å². The Labute approximate surface area is 156 Å². The van der Waals surface area contributed by atoms with Crippen molar-refractivity contribution in [3.05, 3.63) is 49.4 Å². The molecule has 0 aliphatic carbocycles. The maximum absolute atomic E-state index is 12.1. The van der Waals surface area contributed by atoms with Gasteiger partial charge in [0.2, 0.25) is 0 Å². The van der Waals surface area contributed by atoms with Crippen LogP contribution in [0.5, 0.6) is 5.75 Å². The van der Waals surface area contributed by atoms with Gasteiger partial charge in [0.25, 0.3) is 5.91 Å². The maximum Gasteiger partial charge on any atom is 0.262 e. The third-order valence-corrected chi connectivity index (χ3v) is 4.46. The first-order valence-electron chi connectivity index (χ1n) is 6.72. The molecule has 23 heavy (non-hydrogen) atoms. The second-order valence-electron chi connectivity index (χ2n) is 5.07. The highest BCUT2D eigenvalue weighted by atomic mass is 79.9. The molecule has 0 aliphatic rings. The molecular weight excluding hydrogens is 447 g/mol. The van der Waals surface area contributed by atoms with E-state index >= 15 is 0 Å². The number of ether oxygens (including phenoxy) is 1. The van der Waals surface area contributed by atoms with Gasteiger partial charge in [0.1, 0.15) is 5.75 Å². The number of nitrogens with two attached hydrogens (primary N) is 1. The summed E-state index contributed by atoms with van der Waals surface area (Å²) < 4.78 is 7.32. The van der Waals surface area contributed by atoms with Gasteiger partial charge in [0.15, 0.2) is 6.61 Å². The van der Waals surface area contributed by atoms with Crippen LogP contribution in [-0.2, 0) is 4.79 Å². The van der Waals surface area contributed by atoms with Crippen molar-refractivity contribution in [2.24, 2.45) is 0 Å². The lowest BCUT2D eigenvalue weighted by atomic mass is 10.2. The van der Waals surface area contributed by atoms with Crippen LogP contribution in [0.1, 0.15) is 11.1 Å². The highest BCUT2D eigenvalue weighted by Gasteiger charge is 2.12. The monoisotopic (exact) mass is 460 g/mol. The molecule has 0 saturated heterocycles. The zero-order chi connectivity index (χ0) is 17.1. The van der Waals surface area contributed by atoms with E-state index in [0.717, 1.165) is 20.1 Å². The standard InChI is InChI=1S/C16H15Br2ClN2O2/c1-8-4-11(20)6-13(19)15(8)21-14(22)7-23-16-9(2)3-10(17)5-12(16)18/h3-6H,7,20H2,1-2H3,(H,21,22). The van der Waals surface area contributed by atoms with Crippen molar-refractivity contribution in [2.45, 2.75) is 13.8 Å². The Bertz CT molecular complexity index is 720. The van der Waals surface area contributed by atoms with Crippen molar-refractivity contribution >= 4 is 60.7 Å². The number of nitrogens with one attached hydrogen (secondary N) is 1. The molecule has 0 aliphatic heterocycles. The Kier molecular flexibility index (Phi) is 5.95. The number of amides is 1. The normalized spacial score (nSPS) is 10.5. The number of anilines is 2. The van der Waals surface area contributed by atoms with E-state index in [1.54, 1.807) is 12.1 Å².